The van der Waals surface area contributed by atoms with Crippen molar-refractivity contribution in [1.29, 1.82) is 5.26 Å². The molecule has 126 valence electrons. The summed E-state index contributed by atoms with van der Waals surface area (Å²) in [4.78, 5) is 23.2. The van der Waals surface area contributed by atoms with Gasteiger partial charge in [0.1, 0.15) is 21.7 Å². The van der Waals surface area contributed by atoms with Crippen molar-refractivity contribution in [2.24, 2.45) is 0 Å². The second kappa shape index (κ2) is 7.49. The average molecular weight is 361 g/mol. The van der Waals surface area contributed by atoms with Gasteiger partial charge in [-0.15, -0.1) is 11.3 Å². The maximum atomic E-state index is 12.3. The fraction of sp³-hybridized carbons (Fsp3) is 0.529. The first-order chi connectivity index (χ1) is 11.7. The minimum absolute atomic E-state index is 0.0962. The molecule has 0 saturated heterocycles. The Hall–Kier alpha value is -1.65. The number of thioether (sulfide) groups is 1. The van der Waals surface area contributed by atoms with Crippen molar-refractivity contribution in [3.05, 3.63) is 17.3 Å². The van der Waals surface area contributed by atoms with Crippen LogP contribution in [0.1, 0.15) is 43.9 Å². The Morgan fingerprint density at radius 1 is 1.42 bits per heavy atom. The minimum Gasteiger partial charge on any atom is -0.337 e. The SMILES string of the molecule is CCc1cc2c(SCC(=O)NC3(C#N)CCCCC3)ncnc2s1. The number of fused-ring (bicyclic) bond motifs is 1. The molecule has 0 spiro atoms. The molecule has 2 aromatic rings. The molecule has 0 bridgehead atoms. The number of carbonyl (C=O) groups is 1. The lowest BCUT2D eigenvalue weighted by molar-refractivity contribution is -0.120. The van der Waals surface area contributed by atoms with Crippen molar-refractivity contribution in [2.75, 3.05) is 5.75 Å². The van der Waals surface area contributed by atoms with Crippen LogP contribution in [0.2, 0.25) is 0 Å². The van der Waals surface area contributed by atoms with Gasteiger partial charge in [0.05, 0.1) is 11.8 Å². The molecule has 5 nitrogen and oxygen atoms in total. The topological polar surface area (TPSA) is 78.7 Å². The van der Waals surface area contributed by atoms with Crippen LogP contribution in [0, 0.1) is 11.3 Å². The van der Waals surface area contributed by atoms with Crippen molar-refractivity contribution in [3.8, 4) is 6.07 Å². The number of aryl methyl sites for hydroxylation is 1. The molecule has 0 aromatic carbocycles. The van der Waals surface area contributed by atoms with E-state index in [1.807, 2.05) is 0 Å². The molecule has 1 fully saturated rings. The van der Waals surface area contributed by atoms with Gasteiger partial charge in [0.2, 0.25) is 5.91 Å². The largest absolute Gasteiger partial charge is 0.337 e. The predicted octanol–water partition coefficient (Wildman–Crippen LogP) is 3.69. The highest BCUT2D eigenvalue weighted by Gasteiger charge is 2.33. The van der Waals surface area contributed by atoms with Crippen LogP contribution in [-0.2, 0) is 11.2 Å². The normalized spacial score (nSPS) is 16.7. The van der Waals surface area contributed by atoms with Gasteiger partial charge >= 0.3 is 0 Å². The summed E-state index contributed by atoms with van der Waals surface area (Å²) < 4.78 is 0. The molecule has 0 radical (unpaired) electrons. The summed E-state index contributed by atoms with van der Waals surface area (Å²) in [6, 6.07) is 4.43. The van der Waals surface area contributed by atoms with Gasteiger partial charge in [0, 0.05) is 10.3 Å². The second-order valence-electron chi connectivity index (χ2n) is 6.06. The monoisotopic (exact) mass is 360 g/mol. The van der Waals surface area contributed by atoms with E-state index in [0.717, 1.165) is 53.8 Å². The number of amides is 1. The Balaban J connectivity index is 1.66. The number of hydrogen-bond donors (Lipinski definition) is 1. The van der Waals surface area contributed by atoms with E-state index in [4.69, 9.17) is 0 Å². The predicted molar refractivity (Wildman–Crippen MR) is 97.1 cm³/mol. The molecule has 1 N–H and O–H groups in total. The number of carbonyl (C=O) groups excluding carboxylic acids is 1. The molecule has 1 amide bonds. The van der Waals surface area contributed by atoms with Gasteiger partial charge in [-0.3, -0.25) is 4.79 Å². The van der Waals surface area contributed by atoms with Gasteiger partial charge in [0.25, 0.3) is 0 Å². The standard InChI is InChI=1S/C17H20N4OS2/c1-2-12-8-13-15(19-11-20-16(13)24-12)23-9-14(22)21-17(10-18)6-4-3-5-7-17/h8,11H,2-7,9H2,1H3,(H,21,22). The summed E-state index contributed by atoms with van der Waals surface area (Å²) in [6.45, 7) is 2.11. The number of aromatic nitrogens is 2. The highest BCUT2D eigenvalue weighted by molar-refractivity contribution is 8.00. The van der Waals surface area contributed by atoms with Crippen LogP contribution >= 0.6 is 23.1 Å². The van der Waals surface area contributed by atoms with Crippen LogP contribution in [0.15, 0.2) is 17.4 Å². The highest BCUT2D eigenvalue weighted by Crippen LogP contribution is 2.31. The van der Waals surface area contributed by atoms with Gasteiger partial charge in [-0.1, -0.05) is 37.9 Å². The summed E-state index contributed by atoms with van der Waals surface area (Å²) in [7, 11) is 0. The third-order valence-electron chi connectivity index (χ3n) is 4.33. The first kappa shape index (κ1) is 17.2. The Labute approximate surface area is 149 Å². The van der Waals surface area contributed by atoms with Crippen LogP contribution in [0.5, 0.6) is 0 Å². The Morgan fingerprint density at radius 3 is 2.92 bits per heavy atom. The Bertz CT molecular complexity index is 774. The maximum absolute atomic E-state index is 12.3. The van der Waals surface area contributed by atoms with Crippen molar-refractivity contribution in [3.63, 3.8) is 0 Å². The van der Waals surface area contributed by atoms with E-state index in [1.165, 1.54) is 16.6 Å². The van der Waals surface area contributed by atoms with Gasteiger partial charge in [-0.2, -0.15) is 5.26 Å². The Morgan fingerprint density at radius 2 is 2.21 bits per heavy atom. The third-order valence-corrected chi connectivity index (χ3v) is 6.52. The molecule has 1 saturated carbocycles. The van der Waals surface area contributed by atoms with Gasteiger partial charge in [-0.25, -0.2) is 9.97 Å². The summed E-state index contributed by atoms with van der Waals surface area (Å²) in [5.74, 6) is 0.175. The van der Waals surface area contributed by atoms with E-state index in [1.54, 1.807) is 17.7 Å². The molecule has 24 heavy (non-hydrogen) atoms. The molecule has 1 aliphatic rings. The van der Waals surface area contributed by atoms with E-state index in [2.05, 4.69) is 34.3 Å². The first-order valence-corrected chi connectivity index (χ1v) is 10.0. The molecule has 1 aliphatic carbocycles. The maximum Gasteiger partial charge on any atom is 0.231 e. The van der Waals surface area contributed by atoms with Crippen LogP contribution < -0.4 is 5.32 Å². The summed E-state index contributed by atoms with van der Waals surface area (Å²) in [5.41, 5.74) is -0.672. The summed E-state index contributed by atoms with van der Waals surface area (Å²) in [5, 5.41) is 14.3. The molecular formula is C17H20N4OS2. The number of nitrogens with one attached hydrogen (secondary N) is 1. The molecule has 2 heterocycles. The quantitative estimate of drug-likeness (QED) is 0.650. The van der Waals surface area contributed by atoms with Gasteiger partial charge in [0.15, 0.2) is 0 Å². The van der Waals surface area contributed by atoms with E-state index < -0.39 is 5.54 Å². The van der Waals surface area contributed by atoms with Gasteiger partial charge < -0.3 is 5.32 Å². The lowest BCUT2D eigenvalue weighted by atomic mass is 9.83. The molecule has 3 rings (SSSR count). The summed E-state index contributed by atoms with van der Waals surface area (Å²) in [6.07, 6.45) is 7.17. The number of hydrogen-bond acceptors (Lipinski definition) is 6. The molecular weight excluding hydrogens is 340 g/mol. The zero-order valence-corrected chi connectivity index (χ0v) is 15.3. The third kappa shape index (κ3) is 3.70. The smallest absolute Gasteiger partial charge is 0.231 e. The van der Waals surface area contributed by atoms with E-state index >= 15 is 0 Å². The molecule has 0 atom stereocenters. The van der Waals surface area contributed by atoms with Crippen LogP contribution in [0.25, 0.3) is 10.2 Å². The van der Waals surface area contributed by atoms with Crippen molar-refractivity contribution < 1.29 is 4.79 Å². The van der Waals surface area contributed by atoms with E-state index in [0.29, 0.717) is 0 Å². The molecule has 2 aromatic heterocycles. The van der Waals surface area contributed by atoms with E-state index in [9.17, 15) is 10.1 Å². The molecule has 0 aliphatic heterocycles. The first-order valence-electron chi connectivity index (χ1n) is 8.24. The van der Waals surface area contributed by atoms with Gasteiger partial charge in [-0.05, 0) is 25.3 Å². The number of thiophene rings is 1. The number of rotatable bonds is 5. The summed E-state index contributed by atoms with van der Waals surface area (Å²) >= 11 is 3.08. The molecule has 7 heteroatoms. The van der Waals surface area contributed by atoms with Crippen LogP contribution in [0.4, 0.5) is 0 Å². The lowest BCUT2D eigenvalue weighted by Gasteiger charge is -2.31. The van der Waals surface area contributed by atoms with Crippen LogP contribution in [-0.4, -0.2) is 27.2 Å². The van der Waals surface area contributed by atoms with Crippen molar-refractivity contribution >= 4 is 39.2 Å². The number of nitrogens with zero attached hydrogens (tertiary/aromatic N) is 3. The average Bonchev–Trinajstić information content (AvgIpc) is 3.04. The highest BCUT2D eigenvalue weighted by atomic mass is 32.2. The zero-order valence-electron chi connectivity index (χ0n) is 13.7. The minimum atomic E-state index is -0.672. The fourth-order valence-electron chi connectivity index (χ4n) is 3.03. The lowest BCUT2D eigenvalue weighted by Crippen LogP contribution is -2.49. The van der Waals surface area contributed by atoms with Crippen LogP contribution in [0.3, 0.4) is 0 Å². The van der Waals surface area contributed by atoms with Crippen molar-refractivity contribution in [2.45, 2.75) is 56.0 Å². The zero-order chi connectivity index (χ0) is 17.0. The number of nitriles is 1. The Kier molecular flexibility index (Phi) is 5.36. The second-order valence-corrected chi connectivity index (χ2v) is 8.13. The van der Waals surface area contributed by atoms with E-state index in [-0.39, 0.29) is 11.7 Å². The molecule has 0 unspecified atom stereocenters. The van der Waals surface area contributed by atoms with Crippen molar-refractivity contribution in [1.82, 2.24) is 15.3 Å². The fourth-order valence-corrected chi connectivity index (χ4v) is 4.80.